The second-order valence-electron chi connectivity index (χ2n) is 4.41. The second kappa shape index (κ2) is 4.08. The van der Waals surface area contributed by atoms with Crippen molar-refractivity contribution < 1.29 is 0 Å². The minimum atomic E-state index is 0.583. The molecule has 16 heavy (non-hydrogen) atoms. The van der Waals surface area contributed by atoms with E-state index < -0.39 is 0 Å². The van der Waals surface area contributed by atoms with Crippen molar-refractivity contribution in [3.63, 3.8) is 0 Å². The molecule has 0 radical (unpaired) electrons. The van der Waals surface area contributed by atoms with Gasteiger partial charge in [0.05, 0.1) is 6.20 Å². The number of rotatable bonds is 2. The Morgan fingerprint density at radius 3 is 2.81 bits per heavy atom. The monoisotopic (exact) mass is 213 g/mol. The molecule has 1 N–H and O–H groups in total. The molecule has 3 rings (SSSR count). The Balaban J connectivity index is 1.96. The van der Waals surface area contributed by atoms with Crippen LogP contribution in [0, 0.1) is 0 Å². The maximum Gasteiger partial charge on any atom is 0.156 e. The molecule has 0 saturated heterocycles. The summed E-state index contributed by atoms with van der Waals surface area (Å²) in [6, 6.07) is 8.83. The minimum Gasteiger partial charge on any atom is -0.365 e. The van der Waals surface area contributed by atoms with Gasteiger partial charge in [0, 0.05) is 16.8 Å². The highest BCUT2D eigenvalue weighted by Gasteiger charge is 2.16. The summed E-state index contributed by atoms with van der Waals surface area (Å²) in [5, 5.41) is 14.1. The Bertz CT molecular complexity index is 484. The summed E-state index contributed by atoms with van der Waals surface area (Å²) < 4.78 is 0. The van der Waals surface area contributed by atoms with Gasteiger partial charge >= 0.3 is 0 Å². The van der Waals surface area contributed by atoms with Gasteiger partial charge in [-0.3, -0.25) is 0 Å². The summed E-state index contributed by atoms with van der Waals surface area (Å²) in [5.74, 6) is 0.935. The summed E-state index contributed by atoms with van der Waals surface area (Å²) in [6.45, 7) is 0. The summed E-state index contributed by atoms with van der Waals surface area (Å²) >= 11 is 0. The standard InChI is InChI=1S/C13H15N3/c1-4-8-12-10(5-1)9-14-16-13(12)15-11-6-2-3-7-11/h1,4-5,8-9,11H,2-3,6-7H2,(H,15,16). The van der Waals surface area contributed by atoms with Crippen LogP contribution in [0.25, 0.3) is 10.8 Å². The SMILES string of the molecule is c1ccc2c(NC3CCCC3)nncc2c1. The zero-order valence-corrected chi connectivity index (χ0v) is 9.19. The van der Waals surface area contributed by atoms with Crippen molar-refractivity contribution in [3.8, 4) is 0 Å². The highest BCUT2D eigenvalue weighted by Crippen LogP contribution is 2.25. The first-order valence-electron chi connectivity index (χ1n) is 5.90. The molecule has 1 saturated carbocycles. The number of hydrogen-bond donors (Lipinski definition) is 1. The van der Waals surface area contributed by atoms with Crippen LogP contribution < -0.4 is 5.32 Å². The van der Waals surface area contributed by atoms with E-state index in [-0.39, 0.29) is 0 Å². The number of aromatic nitrogens is 2. The molecule has 0 amide bonds. The number of fused-ring (bicyclic) bond motifs is 1. The fraction of sp³-hybridized carbons (Fsp3) is 0.385. The molecule has 1 aromatic carbocycles. The van der Waals surface area contributed by atoms with Crippen LogP contribution in [-0.4, -0.2) is 16.2 Å². The van der Waals surface area contributed by atoms with E-state index in [0.717, 1.165) is 11.2 Å². The van der Waals surface area contributed by atoms with Gasteiger partial charge in [-0.2, -0.15) is 5.10 Å². The number of anilines is 1. The first-order valence-corrected chi connectivity index (χ1v) is 5.90. The molecule has 1 aromatic heterocycles. The Morgan fingerprint density at radius 1 is 1.12 bits per heavy atom. The molecule has 82 valence electrons. The highest BCUT2D eigenvalue weighted by atomic mass is 15.2. The quantitative estimate of drug-likeness (QED) is 0.833. The van der Waals surface area contributed by atoms with Gasteiger partial charge < -0.3 is 5.32 Å². The minimum absolute atomic E-state index is 0.583. The Labute approximate surface area is 94.9 Å². The molecule has 1 heterocycles. The summed E-state index contributed by atoms with van der Waals surface area (Å²) in [5.41, 5.74) is 0. The molecule has 0 aliphatic heterocycles. The largest absolute Gasteiger partial charge is 0.365 e. The molecule has 0 unspecified atom stereocenters. The molecule has 1 aliphatic rings. The maximum absolute atomic E-state index is 4.21. The molecule has 0 bridgehead atoms. The molecule has 0 atom stereocenters. The van der Waals surface area contributed by atoms with Gasteiger partial charge in [-0.05, 0) is 12.8 Å². The third-order valence-electron chi connectivity index (χ3n) is 3.27. The van der Waals surface area contributed by atoms with Crippen LogP contribution in [0.4, 0.5) is 5.82 Å². The number of benzene rings is 1. The number of nitrogens with one attached hydrogen (secondary N) is 1. The van der Waals surface area contributed by atoms with Gasteiger partial charge in [-0.15, -0.1) is 5.10 Å². The predicted octanol–water partition coefficient (Wildman–Crippen LogP) is 2.98. The summed E-state index contributed by atoms with van der Waals surface area (Å²) in [6.07, 6.45) is 6.98. The van der Waals surface area contributed by atoms with E-state index in [2.05, 4.69) is 27.6 Å². The lowest BCUT2D eigenvalue weighted by molar-refractivity contribution is 0.748. The third-order valence-corrected chi connectivity index (χ3v) is 3.27. The van der Waals surface area contributed by atoms with Crippen molar-refractivity contribution in [2.24, 2.45) is 0 Å². The van der Waals surface area contributed by atoms with E-state index >= 15 is 0 Å². The highest BCUT2D eigenvalue weighted by molar-refractivity contribution is 5.90. The Hall–Kier alpha value is -1.64. The number of nitrogens with zero attached hydrogens (tertiary/aromatic N) is 2. The molecule has 1 fully saturated rings. The van der Waals surface area contributed by atoms with Crippen LogP contribution in [0.15, 0.2) is 30.5 Å². The van der Waals surface area contributed by atoms with Crippen LogP contribution in [0.3, 0.4) is 0 Å². The van der Waals surface area contributed by atoms with Gasteiger partial charge in [-0.1, -0.05) is 37.1 Å². The van der Waals surface area contributed by atoms with E-state index in [4.69, 9.17) is 0 Å². The van der Waals surface area contributed by atoms with Crippen molar-refractivity contribution in [1.82, 2.24) is 10.2 Å². The van der Waals surface area contributed by atoms with Crippen LogP contribution >= 0.6 is 0 Å². The summed E-state index contributed by atoms with van der Waals surface area (Å²) in [7, 11) is 0. The fourth-order valence-electron chi connectivity index (χ4n) is 2.40. The first kappa shape index (κ1) is 9.58. The van der Waals surface area contributed by atoms with Gasteiger partial charge in [0.1, 0.15) is 0 Å². The smallest absolute Gasteiger partial charge is 0.156 e. The van der Waals surface area contributed by atoms with E-state index in [1.54, 1.807) is 0 Å². The van der Waals surface area contributed by atoms with E-state index in [0.29, 0.717) is 6.04 Å². The van der Waals surface area contributed by atoms with Crippen molar-refractivity contribution in [2.45, 2.75) is 31.7 Å². The maximum atomic E-state index is 4.21. The zero-order chi connectivity index (χ0) is 10.8. The fourth-order valence-corrected chi connectivity index (χ4v) is 2.40. The van der Waals surface area contributed by atoms with Crippen LogP contribution in [0.2, 0.25) is 0 Å². The predicted molar refractivity (Wildman–Crippen MR) is 65.4 cm³/mol. The number of hydrogen-bond acceptors (Lipinski definition) is 3. The lowest BCUT2D eigenvalue weighted by Crippen LogP contribution is -2.16. The van der Waals surface area contributed by atoms with Crippen LogP contribution in [0.1, 0.15) is 25.7 Å². The lowest BCUT2D eigenvalue weighted by Gasteiger charge is -2.13. The third kappa shape index (κ3) is 1.73. The van der Waals surface area contributed by atoms with Crippen molar-refractivity contribution >= 4 is 16.6 Å². The van der Waals surface area contributed by atoms with Gasteiger partial charge in [-0.25, -0.2) is 0 Å². The molecule has 3 heteroatoms. The van der Waals surface area contributed by atoms with Gasteiger partial charge in [0.2, 0.25) is 0 Å². The lowest BCUT2D eigenvalue weighted by atomic mass is 10.2. The molecule has 1 aliphatic carbocycles. The molecular weight excluding hydrogens is 198 g/mol. The summed E-state index contributed by atoms with van der Waals surface area (Å²) in [4.78, 5) is 0. The van der Waals surface area contributed by atoms with Crippen molar-refractivity contribution in [2.75, 3.05) is 5.32 Å². The molecule has 0 spiro atoms. The van der Waals surface area contributed by atoms with Gasteiger partial charge in [0.25, 0.3) is 0 Å². The Kier molecular flexibility index (Phi) is 2.44. The average Bonchev–Trinajstić information content (AvgIpc) is 2.82. The molecule has 2 aromatic rings. The average molecular weight is 213 g/mol. The topological polar surface area (TPSA) is 37.8 Å². The van der Waals surface area contributed by atoms with E-state index in [1.165, 1.54) is 31.1 Å². The first-order chi connectivity index (χ1) is 7.93. The molecule has 3 nitrogen and oxygen atoms in total. The molecular formula is C13H15N3. The van der Waals surface area contributed by atoms with E-state index in [9.17, 15) is 0 Å². The van der Waals surface area contributed by atoms with Crippen LogP contribution in [-0.2, 0) is 0 Å². The van der Waals surface area contributed by atoms with Gasteiger partial charge in [0.15, 0.2) is 5.82 Å². The normalized spacial score (nSPS) is 16.8. The zero-order valence-electron chi connectivity index (χ0n) is 9.19. The second-order valence-corrected chi connectivity index (χ2v) is 4.41. The van der Waals surface area contributed by atoms with Crippen molar-refractivity contribution in [1.29, 1.82) is 0 Å². The van der Waals surface area contributed by atoms with E-state index in [1.807, 2.05) is 18.3 Å². The van der Waals surface area contributed by atoms with Crippen molar-refractivity contribution in [3.05, 3.63) is 30.5 Å². The Morgan fingerprint density at radius 2 is 1.94 bits per heavy atom. The van der Waals surface area contributed by atoms with Crippen LogP contribution in [0.5, 0.6) is 0 Å².